The van der Waals surface area contributed by atoms with Gasteiger partial charge in [-0.25, -0.2) is 0 Å². The van der Waals surface area contributed by atoms with Crippen LogP contribution in [0.3, 0.4) is 0 Å². The molecule has 0 aliphatic carbocycles. The number of carbonyl (C=O) groups is 1. The maximum atomic E-state index is 11.5. The molecule has 0 bridgehead atoms. The lowest BCUT2D eigenvalue weighted by Gasteiger charge is -2.15. The van der Waals surface area contributed by atoms with Gasteiger partial charge in [0.1, 0.15) is 17.8 Å². The van der Waals surface area contributed by atoms with E-state index in [1.807, 2.05) is 0 Å². The second-order valence-electron chi connectivity index (χ2n) is 4.47. The Morgan fingerprint density at radius 1 is 1.00 bits per heavy atom. The number of phenols is 2. The van der Waals surface area contributed by atoms with Crippen molar-refractivity contribution in [2.75, 3.05) is 14.2 Å². The molecule has 110 valence electrons. The van der Waals surface area contributed by atoms with Crippen LogP contribution in [0.1, 0.15) is 17.0 Å². The van der Waals surface area contributed by atoms with E-state index in [1.165, 1.54) is 32.4 Å². The zero-order chi connectivity index (χ0) is 15.4. The Morgan fingerprint density at radius 2 is 1.71 bits per heavy atom. The van der Waals surface area contributed by atoms with E-state index in [-0.39, 0.29) is 11.5 Å². The highest BCUT2D eigenvalue weighted by Gasteiger charge is 2.19. The number of hydrogen-bond donors (Lipinski definition) is 2. The van der Waals surface area contributed by atoms with E-state index in [2.05, 4.69) is 0 Å². The van der Waals surface area contributed by atoms with Crippen molar-refractivity contribution >= 4 is 6.29 Å². The van der Waals surface area contributed by atoms with Gasteiger partial charge in [0.15, 0.2) is 11.5 Å². The summed E-state index contributed by atoms with van der Waals surface area (Å²) in [7, 11) is 3.04. The maximum Gasteiger partial charge on any atom is 0.161 e. The van der Waals surface area contributed by atoms with Crippen LogP contribution < -0.4 is 9.47 Å². The molecule has 0 fully saturated rings. The molecule has 5 heteroatoms. The number of methoxy groups -OCH3 is 2. The predicted octanol–water partition coefficient (Wildman–Crippen LogP) is 2.45. The van der Waals surface area contributed by atoms with E-state index in [1.54, 1.807) is 18.2 Å². The minimum absolute atomic E-state index is 0.0618. The van der Waals surface area contributed by atoms with Gasteiger partial charge in [0.05, 0.1) is 20.1 Å². The zero-order valence-electron chi connectivity index (χ0n) is 11.7. The summed E-state index contributed by atoms with van der Waals surface area (Å²) in [5.41, 5.74) is 1.07. The lowest BCUT2D eigenvalue weighted by Crippen LogP contribution is -2.04. The Kier molecular flexibility index (Phi) is 4.33. The Bertz CT molecular complexity index is 651. The van der Waals surface area contributed by atoms with Gasteiger partial charge in [0.2, 0.25) is 0 Å². The number of ether oxygens (including phenoxy) is 2. The van der Waals surface area contributed by atoms with E-state index < -0.39 is 5.92 Å². The number of rotatable bonds is 5. The van der Waals surface area contributed by atoms with Crippen molar-refractivity contribution in [2.24, 2.45) is 0 Å². The van der Waals surface area contributed by atoms with Crippen molar-refractivity contribution in [1.29, 1.82) is 0 Å². The SMILES string of the molecule is COc1ccc(C(C=O)c2ccc(O)cc2O)cc1OC. The van der Waals surface area contributed by atoms with Crippen LogP contribution in [0.25, 0.3) is 0 Å². The van der Waals surface area contributed by atoms with Crippen molar-refractivity contribution in [2.45, 2.75) is 5.92 Å². The predicted molar refractivity (Wildman–Crippen MR) is 77.2 cm³/mol. The molecule has 0 aliphatic heterocycles. The zero-order valence-corrected chi connectivity index (χ0v) is 11.7. The summed E-state index contributed by atoms with van der Waals surface area (Å²) >= 11 is 0. The molecule has 0 saturated heterocycles. The first kappa shape index (κ1) is 14.7. The van der Waals surface area contributed by atoms with Crippen molar-refractivity contribution in [3.05, 3.63) is 47.5 Å². The van der Waals surface area contributed by atoms with Crippen LogP contribution in [-0.2, 0) is 4.79 Å². The number of benzene rings is 2. The minimum Gasteiger partial charge on any atom is -0.508 e. The Labute approximate surface area is 122 Å². The van der Waals surface area contributed by atoms with E-state index in [0.717, 1.165) is 6.29 Å². The lowest BCUT2D eigenvalue weighted by molar-refractivity contribution is -0.108. The van der Waals surface area contributed by atoms with Gasteiger partial charge in [0.25, 0.3) is 0 Å². The van der Waals surface area contributed by atoms with Gasteiger partial charge < -0.3 is 24.5 Å². The average Bonchev–Trinajstić information content (AvgIpc) is 2.49. The third-order valence-electron chi connectivity index (χ3n) is 3.25. The number of hydrogen-bond acceptors (Lipinski definition) is 5. The van der Waals surface area contributed by atoms with Gasteiger partial charge in [-0.2, -0.15) is 0 Å². The molecular weight excluding hydrogens is 272 g/mol. The Morgan fingerprint density at radius 3 is 2.29 bits per heavy atom. The van der Waals surface area contributed by atoms with Gasteiger partial charge in [-0.05, 0) is 23.8 Å². The highest BCUT2D eigenvalue weighted by molar-refractivity contribution is 5.71. The lowest BCUT2D eigenvalue weighted by atomic mass is 9.91. The smallest absolute Gasteiger partial charge is 0.161 e. The highest BCUT2D eigenvalue weighted by Crippen LogP contribution is 2.36. The number of carbonyl (C=O) groups excluding carboxylic acids is 1. The molecule has 5 nitrogen and oxygen atoms in total. The Balaban J connectivity index is 2.48. The third kappa shape index (κ3) is 2.91. The van der Waals surface area contributed by atoms with Crippen LogP contribution in [0.15, 0.2) is 36.4 Å². The minimum atomic E-state index is -0.662. The fourth-order valence-electron chi connectivity index (χ4n) is 2.17. The molecule has 2 aromatic rings. The third-order valence-corrected chi connectivity index (χ3v) is 3.25. The molecule has 2 N–H and O–H groups in total. The van der Waals surface area contributed by atoms with Gasteiger partial charge >= 0.3 is 0 Å². The molecule has 1 atom stereocenters. The quantitative estimate of drug-likeness (QED) is 0.826. The monoisotopic (exact) mass is 288 g/mol. The van der Waals surface area contributed by atoms with Crippen LogP contribution >= 0.6 is 0 Å². The maximum absolute atomic E-state index is 11.5. The van der Waals surface area contributed by atoms with Gasteiger partial charge in [-0.1, -0.05) is 12.1 Å². The van der Waals surface area contributed by atoms with Gasteiger partial charge in [0, 0.05) is 11.6 Å². The van der Waals surface area contributed by atoms with Crippen LogP contribution in [0.4, 0.5) is 0 Å². The number of aromatic hydroxyl groups is 2. The van der Waals surface area contributed by atoms with E-state index in [9.17, 15) is 15.0 Å². The second kappa shape index (κ2) is 6.17. The largest absolute Gasteiger partial charge is 0.508 e. The van der Waals surface area contributed by atoms with E-state index in [0.29, 0.717) is 22.6 Å². The van der Waals surface area contributed by atoms with Crippen LogP contribution in [-0.4, -0.2) is 30.7 Å². The first-order chi connectivity index (χ1) is 10.1. The summed E-state index contributed by atoms with van der Waals surface area (Å²) in [6.07, 6.45) is 0.730. The fraction of sp³-hybridized carbons (Fsp3) is 0.188. The van der Waals surface area contributed by atoms with Crippen molar-refractivity contribution in [1.82, 2.24) is 0 Å². The summed E-state index contributed by atoms with van der Waals surface area (Å²) in [5.74, 6) is 0.196. The molecular formula is C16H16O5. The first-order valence-corrected chi connectivity index (χ1v) is 6.29. The molecule has 0 amide bonds. The molecule has 0 aromatic heterocycles. The van der Waals surface area contributed by atoms with E-state index >= 15 is 0 Å². The molecule has 0 aliphatic rings. The van der Waals surface area contributed by atoms with Crippen molar-refractivity contribution < 1.29 is 24.5 Å². The standard InChI is InChI=1S/C16H16O5/c1-20-15-6-3-10(7-16(15)21-2)13(9-17)12-5-4-11(18)8-14(12)19/h3-9,13,18-19H,1-2H3. The van der Waals surface area contributed by atoms with Crippen LogP contribution in [0, 0.1) is 0 Å². The fourth-order valence-corrected chi connectivity index (χ4v) is 2.17. The molecule has 2 rings (SSSR count). The molecule has 2 aromatic carbocycles. The van der Waals surface area contributed by atoms with Gasteiger partial charge in [-0.15, -0.1) is 0 Å². The normalized spacial score (nSPS) is 11.7. The summed E-state index contributed by atoms with van der Waals surface area (Å²) in [5, 5.41) is 19.2. The van der Waals surface area contributed by atoms with E-state index in [4.69, 9.17) is 9.47 Å². The van der Waals surface area contributed by atoms with Crippen LogP contribution in [0.2, 0.25) is 0 Å². The van der Waals surface area contributed by atoms with Crippen LogP contribution in [0.5, 0.6) is 23.0 Å². The summed E-state index contributed by atoms with van der Waals surface area (Å²) in [6.45, 7) is 0. The molecule has 0 heterocycles. The Hall–Kier alpha value is -2.69. The van der Waals surface area contributed by atoms with Crippen molar-refractivity contribution in [3.63, 3.8) is 0 Å². The van der Waals surface area contributed by atoms with Gasteiger partial charge in [-0.3, -0.25) is 0 Å². The molecule has 0 saturated carbocycles. The molecule has 0 radical (unpaired) electrons. The number of phenolic OH excluding ortho intramolecular Hbond substituents is 2. The molecule has 1 unspecified atom stereocenters. The molecule has 21 heavy (non-hydrogen) atoms. The molecule has 0 spiro atoms. The summed E-state index contributed by atoms with van der Waals surface area (Å²) in [6, 6.07) is 9.25. The first-order valence-electron chi connectivity index (χ1n) is 6.29. The highest BCUT2D eigenvalue weighted by atomic mass is 16.5. The number of aldehydes is 1. The summed E-state index contributed by atoms with van der Waals surface area (Å²) in [4.78, 5) is 11.5. The topological polar surface area (TPSA) is 76.0 Å². The van der Waals surface area contributed by atoms with Crippen molar-refractivity contribution in [3.8, 4) is 23.0 Å². The second-order valence-corrected chi connectivity index (χ2v) is 4.47. The average molecular weight is 288 g/mol. The summed E-state index contributed by atoms with van der Waals surface area (Å²) < 4.78 is 10.4.